The summed E-state index contributed by atoms with van der Waals surface area (Å²) in [5.41, 5.74) is 0. The Bertz CT molecular complexity index is 210. The molecule has 1 heterocycles. The summed E-state index contributed by atoms with van der Waals surface area (Å²) in [5, 5.41) is 3.27. The Morgan fingerprint density at radius 3 is 2.24 bits per heavy atom. The molecule has 1 atom stereocenters. The highest BCUT2D eigenvalue weighted by Gasteiger charge is 2.41. The first-order chi connectivity index (χ1) is 7.99. The van der Waals surface area contributed by atoms with Gasteiger partial charge >= 0.3 is 6.18 Å². The molecular formula is C12H23F3N2. The first-order valence-corrected chi connectivity index (χ1v) is 6.50. The molecule has 0 aromatic rings. The zero-order chi connectivity index (χ0) is 12.9. The number of rotatable bonds is 5. The zero-order valence-corrected chi connectivity index (χ0v) is 10.7. The van der Waals surface area contributed by atoms with Gasteiger partial charge in [-0.25, -0.2) is 0 Å². The van der Waals surface area contributed by atoms with Gasteiger partial charge < -0.3 is 5.32 Å². The molecule has 0 spiro atoms. The number of piperidine rings is 1. The van der Waals surface area contributed by atoms with Crippen molar-refractivity contribution in [3.8, 4) is 0 Å². The van der Waals surface area contributed by atoms with Gasteiger partial charge in [0.2, 0.25) is 0 Å². The van der Waals surface area contributed by atoms with E-state index in [1.165, 1.54) is 0 Å². The van der Waals surface area contributed by atoms with Crippen LogP contribution in [0, 0.1) is 5.92 Å². The third-order valence-electron chi connectivity index (χ3n) is 3.61. The average Bonchev–Trinajstić information content (AvgIpc) is 2.29. The first kappa shape index (κ1) is 14.8. The summed E-state index contributed by atoms with van der Waals surface area (Å²) in [5.74, 6) is -1.09. The average molecular weight is 252 g/mol. The molecule has 5 heteroatoms. The third-order valence-corrected chi connectivity index (χ3v) is 3.61. The number of halogens is 3. The number of likely N-dealkylation sites (N-methyl/N-ethyl adjacent to an activating group) is 1. The Hall–Kier alpha value is -0.290. The van der Waals surface area contributed by atoms with E-state index in [1.54, 1.807) is 0 Å². The summed E-state index contributed by atoms with van der Waals surface area (Å²) < 4.78 is 37.6. The maximum Gasteiger partial charge on any atom is 0.391 e. The minimum absolute atomic E-state index is 0.256. The monoisotopic (exact) mass is 252 g/mol. The first-order valence-electron chi connectivity index (χ1n) is 6.50. The second kappa shape index (κ2) is 6.59. The molecule has 1 unspecified atom stereocenters. The minimum atomic E-state index is -4.00. The number of hydrogen-bond donors (Lipinski definition) is 1. The van der Waals surface area contributed by atoms with Crippen LogP contribution in [0.25, 0.3) is 0 Å². The van der Waals surface area contributed by atoms with E-state index in [0.717, 1.165) is 19.5 Å². The van der Waals surface area contributed by atoms with Crippen LogP contribution in [-0.4, -0.2) is 43.3 Å². The number of nitrogens with one attached hydrogen (secondary N) is 1. The lowest BCUT2D eigenvalue weighted by atomic mass is 9.95. The smallest absolute Gasteiger partial charge is 0.315 e. The van der Waals surface area contributed by atoms with Gasteiger partial charge in [-0.2, -0.15) is 13.2 Å². The fourth-order valence-electron chi connectivity index (χ4n) is 2.43. The van der Waals surface area contributed by atoms with Crippen molar-refractivity contribution in [3.05, 3.63) is 0 Å². The van der Waals surface area contributed by atoms with Crippen molar-refractivity contribution in [2.45, 2.75) is 45.3 Å². The van der Waals surface area contributed by atoms with Crippen molar-refractivity contribution >= 4 is 0 Å². The van der Waals surface area contributed by atoms with Gasteiger partial charge in [0, 0.05) is 12.6 Å². The van der Waals surface area contributed by atoms with Gasteiger partial charge in [-0.3, -0.25) is 4.90 Å². The van der Waals surface area contributed by atoms with Crippen LogP contribution in [0.4, 0.5) is 13.2 Å². The maximum absolute atomic E-state index is 12.5. The summed E-state index contributed by atoms with van der Waals surface area (Å²) >= 11 is 0. The van der Waals surface area contributed by atoms with E-state index >= 15 is 0 Å². The van der Waals surface area contributed by atoms with Gasteiger partial charge in [-0.15, -0.1) is 0 Å². The molecule has 1 aliphatic rings. The van der Waals surface area contributed by atoms with E-state index in [0.29, 0.717) is 19.1 Å². The fraction of sp³-hybridized carbons (Fsp3) is 1.00. The summed E-state index contributed by atoms with van der Waals surface area (Å²) in [4.78, 5) is 2.20. The highest BCUT2D eigenvalue weighted by molar-refractivity contribution is 4.81. The van der Waals surface area contributed by atoms with Crippen LogP contribution in [0.1, 0.15) is 33.1 Å². The zero-order valence-electron chi connectivity index (χ0n) is 10.7. The normalized spacial score (nSPS) is 21.7. The largest absolute Gasteiger partial charge is 0.391 e. The van der Waals surface area contributed by atoms with Gasteiger partial charge in [0.25, 0.3) is 0 Å². The van der Waals surface area contributed by atoms with Gasteiger partial charge in [-0.05, 0) is 38.9 Å². The summed E-state index contributed by atoms with van der Waals surface area (Å²) in [6.45, 7) is 7.09. The molecule has 0 saturated carbocycles. The highest BCUT2D eigenvalue weighted by atomic mass is 19.4. The number of nitrogens with zero attached hydrogens (tertiary/aromatic N) is 1. The lowest BCUT2D eigenvalue weighted by molar-refractivity contribution is -0.186. The summed E-state index contributed by atoms with van der Waals surface area (Å²) in [6.07, 6.45) is -2.50. The van der Waals surface area contributed by atoms with Crippen molar-refractivity contribution < 1.29 is 13.2 Å². The Morgan fingerprint density at radius 2 is 1.82 bits per heavy atom. The molecule has 0 aliphatic carbocycles. The van der Waals surface area contributed by atoms with E-state index in [-0.39, 0.29) is 12.8 Å². The van der Waals surface area contributed by atoms with Gasteiger partial charge in [0.05, 0.1) is 5.92 Å². The van der Waals surface area contributed by atoms with E-state index in [4.69, 9.17) is 0 Å². The van der Waals surface area contributed by atoms with Crippen LogP contribution in [0.3, 0.4) is 0 Å². The quantitative estimate of drug-likeness (QED) is 0.809. The van der Waals surface area contributed by atoms with Crippen LogP contribution in [0.15, 0.2) is 0 Å². The van der Waals surface area contributed by atoms with Crippen LogP contribution in [-0.2, 0) is 0 Å². The van der Waals surface area contributed by atoms with Crippen molar-refractivity contribution in [1.82, 2.24) is 10.2 Å². The lowest BCUT2D eigenvalue weighted by Gasteiger charge is -2.37. The predicted octanol–water partition coefficient (Wildman–Crippen LogP) is 2.65. The molecule has 0 aromatic carbocycles. The molecule has 1 fully saturated rings. The molecule has 0 amide bonds. The van der Waals surface area contributed by atoms with E-state index in [1.807, 2.05) is 6.92 Å². The topological polar surface area (TPSA) is 15.3 Å². The van der Waals surface area contributed by atoms with Gasteiger partial charge in [-0.1, -0.05) is 13.8 Å². The molecule has 0 bridgehead atoms. The van der Waals surface area contributed by atoms with E-state index in [9.17, 15) is 13.2 Å². The summed E-state index contributed by atoms with van der Waals surface area (Å²) in [7, 11) is 0. The second-order valence-electron chi connectivity index (χ2n) is 4.72. The van der Waals surface area contributed by atoms with E-state index in [2.05, 4.69) is 17.1 Å². The second-order valence-corrected chi connectivity index (χ2v) is 4.72. The SMILES string of the molecule is CCNCC(CC)N1CCC(C(F)(F)F)CC1. The minimum Gasteiger partial charge on any atom is -0.315 e. The Kier molecular flexibility index (Phi) is 5.73. The maximum atomic E-state index is 12.5. The molecule has 1 N–H and O–H groups in total. The number of alkyl halides is 3. The Balaban J connectivity index is 2.39. The lowest BCUT2D eigenvalue weighted by Crippen LogP contribution is -2.47. The highest BCUT2D eigenvalue weighted by Crippen LogP contribution is 2.34. The van der Waals surface area contributed by atoms with Crippen molar-refractivity contribution in [2.24, 2.45) is 5.92 Å². The van der Waals surface area contributed by atoms with Crippen molar-refractivity contribution in [1.29, 1.82) is 0 Å². The number of likely N-dealkylation sites (tertiary alicyclic amines) is 1. The molecule has 1 aliphatic heterocycles. The molecule has 1 saturated heterocycles. The molecule has 0 aromatic heterocycles. The van der Waals surface area contributed by atoms with Crippen LogP contribution in [0.2, 0.25) is 0 Å². The molecule has 2 nitrogen and oxygen atoms in total. The third kappa shape index (κ3) is 4.47. The van der Waals surface area contributed by atoms with Gasteiger partial charge in [0.1, 0.15) is 0 Å². The van der Waals surface area contributed by atoms with Crippen LogP contribution < -0.4 is 5.32 Å². The van der Waals surface area contributed by atoms with Gasteiger partial charge in [0.15, 0.2) is 0 Å². The Morgan fingerprint density at radius 1 is 1.24 bits per heavy atom. The standard InChI is InChI=1S/C12H23F3N2/c1-3-11(9-16-4-2)17-7-5-10(6-8-17)12(13,14)15/h10-11,16H,3-9H2,1-2H3. The molecule has 17 heavy (non-hydrogen) atoms. The predicted molar refractivity (Wildman–Crippen MR) is 63.0 cm³/mol. The van der Waals surface area contributed by atoms with Crippen LogP contribution >= 0.6 is 0 Å². The molecular weight excluding hydrogens is 229 g/mol. The fourth-order valence-corrected chi connectivity index (χ4v) is 2.43. The summed E-state index contributed by atoms with van der Waals surface area (Å²) in [6, 6.07) is 0.379. The van der Waals surface area contributed by atoms with Crippen LogP contribution in [0.5, 0.6) is 0 Å². The van der Waals surface area contributed by atoms with Crippen molar-refractivity contribution in [2.75, 3.05) is 26.2 Å². The number of hydrogen-bond acceptors (Lipinski definition) is 2. The van der Waals surface area contributed by atoms with E-state index < -0.39 is 12.1 Å². The molecule has 0 radical (unpaired) electrons. The Labute approximate surface area is 102 Å². The molecule has 1 rings (SSSR count). The molecule has 102 valence electrons. The van der Waals surface area contributed by atoms with Crippen molar-refractivity contribution in [3.63, 3.8) is 0 Å².